The van der Waals surface area contributed by atoms with Gasteiger partial charge in [-0.25, -0.2) is 0 Å². The van der Waals surface area contributed by atoms with Gasteiger partial charge in [0.15, 0.2) is 0 Å². The second kappa shape index (κ2) is 7.08. The summed E-state index contributed by atoms with van der Waals surface area (Å²) in [5.41, 5.74) is 4.77. The van der Waals surface area contributed by atoms with Crippen molar-refractivity contribution in [3.05, 3.63) is 84.2 Å². The predicted molar refractivity (Wildman–Crippen MR) is 101 cm³/mol. The quantitative estimate of drug-likeness (QED) is 0.770. The van der Waals surface area contributed by atoms with Gasteiger partial charge in [0.05, 0.1) is 6.04 Å². The number of nitrogens with zero attached hydrogens (tertiary/aromatic N) is 1. The van der Waals surface area contributed by atoms with Crippen LogP contribution in [0.4, 0.5) is 0 Å². The maximum absolute atomic E-state index is 6.29. The second-order valence-corrected chi connectivity index (χ2v) is 6.44. The molecule has 0 saturated carbocycles. The lowest BCUT2D eigenvalue weighted by Gasteiger charge is -2.32. The molecule has 3 aromatic rings. The first-order valence-corrected chi connectivity index (χ1v) is 8.77. The highest BCUT2D eigenvalue weighted by Gasteiger charge is 2.28. The summed E-state index contributed by atoms with van der Waals surface area (Å²) in [4.78, 5) is 4.47. The second-order valence-electron chi connectivity index (χ2n) is 6.44. The molecule has 0 aliphatic carbocycles. The Balaban J connectivity index is 1.62. The number of nitrogens with one attached hydrogen (secondary N) is 1. The maximum Gasteiger partial charge on any atom is 0.123 e. The van der Waals surface area contributed by atoms with Gasteiger partial charge in [0, 0.05) is 18.0 Å². The summed E-state index contributed by atoms with van der Waals surface area (Å²) in [6, 6.07) is 21.0. The van der Waals surface area contributed by atoms with E-state index < -0.39 is 0 Å². The fourth-order valence-corrected chi connectivity index (χ4v) is 3.56. The molecule has 1 aromatic heterocycles. The minimum absolute atomic E-state index is 0.104. The van der Waals surface area contributed by atoms with E-state index in [2.05, 4.69) is 58.8 Å². The van der Waals surface area contributed by atoms with E-state index >= 15 is 0 Å². The van der Waals surface area contributed by atoms with Crippen LogP contribution in [0.2, 0.25) is 0 Å². The van der Waals surface area contributed by atoms with Crippen molar-refractivity contribution in [1.29, 1.82) is 0 Å². The number of para-hydroxylation sites is 1. The molecule has 0 amide bonds. The number of benzene rings is 2. The molecule has 25 heavy (non-hydrogen) atoms. The zero-order chi connectivity index (χ0) is 17.1. The molecule has 3 nitrogen and oxygen atoms in total. The molecule has 4 rings (SSSR count). The maximum atomic E-state index is 6.29. The minimum Gasteiger partial charge on any atom is -0.488 e. The molecule has 0 fully saturated rings. The van der Waals surface area contributed by atoms with Crippen LogP contribution in [-0.4, -0.2) is 18.1 Å². The number of aryl methyl sites for hydroxylation is 1. The van der Waals surface area contributed by atoms with Gasteiger partial charge in [-0.1, -0.05) is 48.5 Å². The number of pyridine rings is 1. The number of likely N-dealkylation sites (N-methyl/N-ethyl adjacent to an activating group) is 1. The van der Waals surface area contributed by atoms with E-state index in [1.165, 1.54) is 11.1 Å². The van der Waals surface area contributed by atoms with Crippen molar-refractivity contribution in [3.63, 3.8) is 0 Å². The van der Waals surface area contributed by atoms with E-state index in [0.717, 1.165) is 29.7 Å². The molecule has 2 atom stereocenters. The summed E-state index contributed by atoms with van der Waals surface area (Å²) in [6.45, 7) is 0. The Hall–Kier alpha value is -2.65. The Kier molecular flexibility index (Phi) is 4.49. The molecule has 2 aromatic carbocycles. The van der Waals surface area contributed by atoms with Crippen molar-refractivity contribution in [2.24, 2.45) is 0 Å². The van der Waals surface area contributed by atoms with Crippen molar-refractivity contribution in [2.75, 3.05) is 7.05 Å². The lowest BCUT2D eigenvalue weighted by molar-refractivity contribution is 0.132. The first kappa shape index (κ1) is 15.9. The van der Waals surface area contributed by atoms with E-state index in [-0.39, 0.29) is 12.1 Å². The Morgan fingerprint density at radius 2 is 1.80 bits per heavy atom. The molecule has 2 heterocycles. The molecule has 0 spiro atoms. The highest BCUT2D eigenvalue weighted by atomic mass is 16.5. The average Bonchev–Trinajstić information content (AvgIpc) is 2.69. The summed E-state index contributed by atoms with van der Waals surface area (Å²) in [6.07, 6.45) is 6.01. The summed E-state index contributed by atoms with van der Waals surface area (Å²) >= 11 is 0. The van der Waals surface area contributed by atoms with Gasteiger partial charge < -0.3 is 10.1 Å². The van der Waals surface area contributed by atoms with Crippen LogP contribution in [0.25, 0.3) is 11.1 Å². The van der Waals surface area contributed by atoms with Crippen molar-refractivity contribution in [2.45, 2.75) is 25.0 Å². The third-order valence-corrected chi connectivity index (χ3v) is 4.86. The van der Waals surface area contributed by atoms with Crippen LogP contribution in [0.5, 0.6) is 5.75 Å². The standard InChI is InChI=1S/C22H22N2O/c1-23-22(21-12-11-17-9-5-6-10-20(17)25-21)19-13-18(14-24-15-19)16-7-3-2-4-8-16/h2-10,13-15,21-23H,11-12H2,1H3. The molecule has 0 radical (unpaired) electrons. The number of ether oxygens (including phenoxy) is 1. The molecule has 0 bridgehead atoms. The van der Waals surface area contributed by atoms with E-state index in [0.29, 0.717) is 0 Å². The van der Waals surface area contributed by atoms with Gasteiger partial charge in [-0.2, -0.15) is 0 Å². The Morgan fingerprint density at radius 3 is 2.64 bits per heavy atom. The van der Waals surface area contributed by atoms with Crippen LogP contribution in [0.3, 0.4) is 0 Å². The zero-order valence-corrected chi connectivity index (χ0v) is 14.4. The highest BCUT2D eigenvalue weighted by molar-refractivity contribution is 5.63. The molecule has 126 valence electrons. The van der Waals surface area contributed by atoms with Crippen LogP contribution in [0.1, 0.15) is 23.6 Å². The van der Waals surface area contributed by atoms with Gasteiger partial charge in [-0.3, -0.25) is 4.98 Å². The number of rotatable bonds is 4. The Morgan fingerprint density at radius 1 is 1.00 bits per heavy atom. The van der Waals surface area contributed by atoms with Crippen molar-refractivity contribution in [1.82, 2.24) is 10.3 Å². The predicted octanol–water partition coefficient (Wildman–Crippen LogP) is 4.40. The van der Waals surface area contributed by atoms with Crippen LogP contribution in [-0.2, 0) is 6.42 Å². The third-order valence-electron chi connectivity index (χ3n) is 4.86. The normalized spacial score (nSPS) is 17.4. The average molecular weight is 330 g/mol. The van der Waals surface area contributed by atoms with E-state index in [9.17, 15) is 0 Å². The Labute approximate surface area is 148 Å². The zero-order valence-electron chi connectivity index (χ0n) is 14.4. The van der Waals surface area contributed by atoms with Crippen molar-refractivity contribution >= 4 is 0 Å². The van der Waals surface area contributed by atoms with Crippen molar-refractivity contribution < 1.29 is 4.74 Å². The topological polar surface area (TPSA) is 34.2 Å². The summed E-state index contributed by atoms with van der Waals surface area (Å²) in [5, 5.41) is 3.43. The van der Waals surface area contributed by atoms with Gasteiger partial charge in [-0.05, 0) is 48.7 Å². The number of aromatic nitrogens is 1. The van der Waals surface area contributed by atoms with Gasteiger partial charge in [0.25, 0.3) is 0 Å². The fourth-order valence-electron chi connectivity index (χ4n) is 3.56. The molecular weight excluding hydrogens is 308 g/mol. The smallest absolute Gasteiger partial charge is 0.123 e. The summed E-state index contributed by atoms with van der Waals surface area (Å²) in [5.74, 6) is 1.01. The summed E-state index contributed by atoms with van der Waals surface area (Å²) < 4.78 is 6.29. The van der Waals surface area contributed by atoms with Crippen LogP contribution in [0, 0.1) is 0 Å². The molecule has 3 heteroatoms. The molecular formula is C22H22N2O. The lowest BCUT2D eigenvalue weighted by atomic mass is 9.93. The van der Waals surface area contributed by atoms with Crippen LogP contribution in [0.15, 0.2) is 73.1 Å². The van der Waals surface area contributed by atoms with Gasteiger partial charge >= 0.3 is 0 Å². The molecule has 2 unspecified atom stereocenters. The monoisotopic (exact) mass is 330 g/mol. The SMILES string of the molecule is CNC(c1cncc(-c2ccccc2)c1)C1CCc2ccccc2O1. The number of fused-ring (bicyclic) bond motifs is 1. The molecule has 1 aliphatic heterocycles. The van der Waals surface area contributed by atoms with Gasteiger partial charge in [-0.15, -0.1) is 0 Å². The Bertz CT molecular complexity index is 847. The molecule has 0 saturated heterocycles. The van der Waals surface area contributed by atoms with Crippen LogP contribution < -0.4 is 10.1 Å². The van der Waals surface area contributed by atoms with E-state index in [1.807, 2.05) is 31.6 Å². The molecule has 1 aliphatic rings. The van der Waals surface area contributed by atoms with Gasteiger partial charge in [0.2, 0.25) is 0 Å². The van der Waals surface area contributed by atoms with Crippen molar-refractivity contribution in [3.8, 4) is 16.9 Å². The lowest BCUT2D eigenvalue weighted by Crippen LogP contribution is -2.36. The number of hydrogen-bond donors (Lipinski definition) is 1. The van der Waals surface area contributed by atoms with Crippen LogP contribution >= 0.6 is 0 Å². The molecule has 1 N–H and O–H groups in total. The minimum atomic E-state index is 0.104. The van der Waals surface area contributed by atoms with E-state index in [1.54, 1.807) is 0 Å². The largest absolute Gasteiger partial charge is 0.488 e. The third kappa shape index (κ3) is 3.28. The van der Waals surface area contributed by atoms with Gasteiger partial charge in [0.1, 0.15) is 11.9 Å². The number of hydrogen-bond acceptors (Lipinski definition) is 3. The fraction of sp³-hybridized carbons (Fsp3) is 0.227. The summed E-state index contributed by atoms with van der Waals surface area (Å²) in [7, 11) is 1.99. The highest BCUT2D eigenvalue weighted by Crippen LogP contribution is 2.33. The first-order valence-electron chi connectivity index (χ1n) is 8.77. The van der Waals surface area contributed by atoms with E-state index in [4.69, 9.17) is 4.74 Å². The first-order chi connectivity index (χ1) is 12.3.